The van der Waals surface area contributed by atoms with Gasteiger partial charge >= 0.3 is 0 Å². The molecule has 0 saturated carbocycles. The Bertz CT molecular complexity index is 365. The highest BCUT2D eigenvalue weighted by Crippen LogP contribution is 2.33. The molecule has 96 valence electrons. The van der Waals surface area contributed by atoms with Crippen molar-refractivity contribution in [3.63, 3.8) is 0 Å². The second-order valence-corrected chi connectivity index (χ2v) is 5.97. The maximum atomic E-state index is 10.2. The monoisotopic (exact) mass is 236 g/mol. The lowest BCUT2D eigenvalue weighted by Crippen LogP contribution is -2.12. The first-order chi connectivity index (χ1) is 7.74. The standard InChI is InChI=1S/C15H24O2/c1-10-7-12(8-11(2)14(10)17-6)13(16)9-15(3,4)5/h7-8,13,16H,9H2,1-6H3. The van der Waals surface area contributed by atoms with Gasteiger partial charge in [0.1, 0.15) is 5.75 Å². The topological polar surface area (TPSA) is 29.5 Å². The first-order valence-electron chi connectivity index (χ1n) is 6.08. The Kier molecular flexibility index (Phi) is 4.21. The molecule has 1 rings (SSSR count). The molecule has 17 heavy (non-hydrogen) atoms. The fourth-order valence-corrected chi connectivity index (χ4v) is 2.20. The molecule has 0 saturated heterocycles. The number of aliphatic hydroxyl groups is 1. The lowest BCUT2D eigenvalue weighted by molar-refractivity contribution is 0.122. The van der Waals surface area contributed by atoms with Crippen LogP contribution >= 0.6 is 0 Å². The van der Waals surface area contributed by atoms with E-state index in [2.05, 4.69) is 20.8 Å². The molecule has 0 aliphatic heterocycles. The molecule has 0 aromatic heterocycles. The minimum atomic E-state index is -0.404. The van der Waals surface area contributed by atoms with Crippen molar-refractivity contribution in [2.24, 2.45) is 5.41 Å². The number of ether oxygens (including phenoxy) is 1. The molecule has 0 amide bonds. The van der Waals surface area contributed by atoms with E-state index in [9.17, 15) is 5.11 Å². The lowest BCUT2D eigenvalue weighted by Gasteiger charge is -2.23. The maximum absolute atomic E-state index is 10.2. The average Bonchev–Trinajstić information content (AvgIpc) is 2.14. The van der Waals surface area contributed by atoms with Gasteiger partial charge in [0.2, 0.25) is 0 Å². The summed E-state index contributed by atoms with van der Waals surface area (Å²) in [6, 6.07) is 4.03. The van der Waals surface area contributed by atoms with Crippen LogP contribution in [0.15, 0.2) is 12.1 Å². The number of benzene rings is 1. The van der Waals surface area contributed by atoms with Crippen molar-refractivity contribution in [2.75, 3.05) is 7.11 Å². The molecule has 0 spiro atoms. The second kappa shape index (κ2) is 5.09. The Morgan fingerprint density at radius 1 is 1.18 bits per heavy atom. The van der Waals surface area contributed by atoms with Crippen LogP contribution in [0.2, 0.25) is 0 Å². The van der Waals surface area contributed by atoms with E-state index >= 15 is 0 Å². The summed E-state index contributed by atoms with van der Waals surface area (Å²) < 4.78 is 5.33. The van der Waals surface area contributed by atoms with E-state index in [1.807, 2.05) is 26.0 Å². The highest BCUT2D eigenvalue weighted by atomic mass is 16.5. The van der Waals surface area contributed by atoms with Crippen molar-refractivity contribution in [1.82, 2.24) is 0 Å². The number of hydrogen-bond acceptors (Lipinski definition) is 2. The van der Waals surface area contributed by atoms with Crippen LogP contribution in [0.5, 0.6) is 5.75 Å². The summed E-state index contributed by atoms with van der Waals surface area (Å²) in [5.41, 5.74) is 3.27. The van der Waals surface area contributed by atoms with Crippen molar-refractivity contribution in [2.45, 2.75) is 47.1 Å². The molecule has 0 radical (unpaired) electrons. The molecule has 1 unspecified atom stereocenters. The molecular formula is C15H24O2. The first kappa shape index (κ1) is 14.0. The highest BCUT2D eigenvalue weighted by molar-refractivity contribution is 5.43. The summed E-state index contributed by atoms with van der Waals surface area (Å²) >= 11 is 0. The molecule has 2 heteroatoms. The van der Waals surface area contributed by atoms with Gasteiger partial charge in [-0.1, -0.05) is 20.8 Å². The number of methoxy groups -OCH3 is 1. The smallest absolute Gasteiger partial charge is 0.124 e. The summed E-state index contributed by atoms with van der Waals surface area (Å²) in [5.74, 6) is 0.914. The maximum Gasteiger partial charge on any atom is 0.124 e. The van der Waals surface area contributed by atoms with Crippen LogP contribution in [0, 0.1) is 19.3 Å². The van der Waals surface area contributed by atoms with E-state index in [4.69, 9.17) is 4.74 Å². The summed E-state index contributed by atoms with van der Waals surface area (Å²) in [6.07, 6.45) is 0.358. The average molecular weight is 236 g/mol. The second-order valence-electron chi connectivity index (χ2n) is 5.97. The van der Waals surface area contributed by atoms with Gasteiger partial charge in [-0.05, 0) is 54.5 Å². The lowest BCUT2D eigenvalue weighted by atomic mass is 9.86. The molecule has 1 atom stereocenters. The van der Waals surface area contributed by atoms with Gasteiger partial charge in [0.25, 0.3) is 0 Å². The fourth-order valence-electron chi connectivity index (χ4n) is 2.20. The van der Waals surface area contributed by atoms with Gasteiger partial charge in [-0.2, -0.15) is 0 Å². The van der Waals surface area contributed by atoms with Crippen LogP contribution in [-0.2, 0) is 0 Å². The molecule has 1 aromatic rings. The van der Waals surface area contributed by atoms with Crippen LogP contribution in [0.4, 0.5) is 0 Å². The summed E-state index contributed by atoms with van der Waals surface area (Å²) in [6.45, 7) is 10.4. The van der Waals surface area contributed by atoms with E-state index in [1.54, 1.807) is 7.11 Å². The van der Waals surface area contributed by atoms with Crippen LogP contribution in [-0.4, -0.2) is 12.2 Å². The number of rotatable bonds is 3. The van der Waals surface area contributed by atoms with Gasteiger partial charge in [-0.15, -0.1) is 0 Å². The number of aryl methyl sites for hydroxylation is 2. The van der Waals surface area contributed by atoms with Crippen molar-refractivity contribution >= 4 is 0 Å². The fraction of sp³-hybridized carbons (Fsp3) is 0.600. The zero-order valence-corrected chi connectivity index (χ0v) is 11.8. The van der Waals surface area contributed by atoms with E-state index in [0.29, 0.717) is 0 Å². The summed E-state index contributed by atoms with van der Waals surface area (Å²) in [5, 5.41) is 10.2. The van der Waals surface area contributed by atoms with Gasteiger partial charge in [0.15, 0.2) is 0 Å². The molecule has 0 bridgehead atoms. The van der Waals surface area contributed by atoms with Crippen molar-refractivity contribution in [3.05, 3.63) is 28.8 Å². The molecule has 0 aliphatic carbocycles. The number of hydrogen-bond donors (Lipinski definition) is 1. The zero-order chi connectivity index (χ0) is 13.2. The van der Waals surface area contributed by atoms with Crippen LogP contribution < -0.4 is 4.74 Å². The van der Waals surface area contributed by atoms with Gasteiger partial charge in [-0.25, -0.2) is 0 Å². The molecule has 1 N–H and O–H groups in total. The molecular weight excluding hydrogens is 212 g/mol. The predicted octanol–water partition coefficient (Wildman–Crippen LogP) is 3.78. The largest absolute Gasteiger partial charge is 0.496 e. The van der Waals surface area contributed by atoms with Crippen molar-refractivity contribution in [1.29, 1.82) is 0 Å². The van der Waals surface area contributed by atoms with Gasteiger partial charge in [-0.3, -0.25) is 0 Å². The minimum absolute atomic E-state index is 0.126. The molecule has 0 fully saturated rings. The van der Waals surface area contributed by atoms with Gasteiger partial charge in [0, 0.05) is 0 Å². The third kappa shape index (κ3) is 3.74. The third-order valence-corrected chi connectivity index (χ3v) is 2.88. The first-order valence-corrected chi connectivity index (χ1v) is 6.08. The van der Waals surface area contributed by atoms with E-state index in [0.717, 1.165) is 28.9 Å². The van der Waals surface area contributed by atoms with Gasteiger partial charge < -0.3 is 9.84 Å². The Morgan fingerprint density at radius 2 is 1.65 bits per heavy atom. The van der Waals surface area contributed by atoms with E-state index in [-0.39, 0.29) is 5.41 Å². The molecule has 2 nitrogen and oxygen atoms in total. The van der Waals surface area contributed by atoms with E-state index < -0.39 is 6.10 Å². The van der Waals surface area contributed by atoms with Crippen LogP contribution in [0.25, 0.3) is 0 Å². The normalized spacial score (nSPS) is 13.6. The van der Waals surface area contributed by atoms with Crippen LogP contribution in [0.3, 0.4) is 0 Å². The van der Waals surface area contributed by atoms with Crippen molar-refractivity contribution < 1.29 is 9.84 Å². The molecule has 1 aromatic carbocycles. The zero-order valence-electron chi connectivity index (χ0n) is 11.8. The molecule has 0 aliphatic rings. The van der Waals surface area contributed by atoms with Gasteiger partial charge in [0.05, 0.1) is 13.2 Å². The SMILES string of the molecule is COc1c(C)cc(C(O)CC(C)(C)C)cc1C. The van der Waals surface area contributed by atoms with Crippen LogP contribution in [0.1, 0.15) is 50.0 Å². The highest BCUT2D eigenvalue weighted by Gasteiger charge is 2.19. The summed E-state index contributed by atoms with van der Waals surface area (Å²) in [7, 11) is 1.68. The number of aliphatic hydroxyl groups excluding tert-OH is 1. The Hall–Kier alpha value is -1.02. The quantitative estimate of drug-likeness (QED) is 0.865. The molecule has 0 heterocycles. The van der Waals surface area contributed by atoms with Crippen molar-refractivity contribution in [3.8, 4) is 5.75 Å². The Morgan fingerprint density at radius 3 is 2.00 bits per heavy atom. The summed E-state index contributed by atoms with van der Waals surface area (Å²) in [4.78, 5) is 0. The van der Waals surface area contributed by atoms with E-state index in [1.165, 1.54) is 0 Å². The Balaban J connectivity index is 3.00. The minimum Gasteiger partial charge on any atom is -0.496 e. The third-order valence-electron chi connectivity index (χ3n) is 2.88. The Labute approximate surface area is 105 Å². The predicted molar refractivity (Wildman–Crippen MR) is 71.5 cm³/mol.